The molecule has 0 unspecified atom stereocenters. The lowest BCUT2D eigenvalue weighted by atomic mass is 10.1. The molecule has 0 amide bonds. The summed E-state index contributed by atoms with van der Waals surface area (Å²) in [4.78, 5) is 16.3. The highest BCUT2D eigenvalue weighted by Gasteiger charge is 2.15. The number of rotatable bonds is 9. The Morgan fingerprint density at radius 3 is 2.31 bits per heavy atom. The molecule has 2 aromatic heterocycles. The molecule has 5 aromatic rings. The fraction of sp³-hybridized carbons (Fsp3) is 0.107. The van der Waals surface area contributed by atoms with Crippen molar-refractivity contribution in [2.75, 3.05) is 5.32 Å². The Morgan fingerprint density at radius 2 is 1.64 bits per heavy atom. The predicted molar refractivity (Wildman–Crippen MR) is 155 cm³/mol. The first-order chi connectivity index (χ1) is 18.7. The van der Waals surface area contributed by atoms with Gasteiger partial charge in [-0.25, -0.2) is 18.1 Å². The van der Waals surface area contributed by atoms with E-state index in [9.17, 15) is 13.2 Å². The Morgan fingerprint density at radius 1 is 0.974 bits per heavy atom. The molecule has 0 spiro atoms. The molecule has 0 aliphatic heterocycles. The molecule has 39 heavy (non-hydrogen) atoms. The number of hydrogen-bond donors (Lipinski definition) is 2. The molecule has 0 saturated carbocycles. The minimum absolute atomic E-state index is 0.110. The van der Waals surface area contributed by atoms with Gasteiger partial charge in [-0.1, -0.05) is 66.2 Å². The quantitative estimate of drug-likeness (QED) is 0.192. The van der Waals surface area contributed by atoms with Gasteiger partial charge in [0.2, 0.25) is 10.0 Å². The van der Waals surface area contributed by atoms with E-state index in [1.54, 1.807) is 10.7 Å². The number of Topliss-reactive ketones (excluding diaryl/α,β-unsaturated/α-hetero) is 1. The van der Waals surface area contributed by atoms with Crippen molar-refractivity contribution < 1.29 is 13.2 Å². The Balaban J connectivity index is 1.27. The van der Waals surface area contributed by atoms with Crippen molar-refractivity contribution in [3.05, 3.63) is 111 Å². The molecule has 3 aromatic carbocycles. The van der Waals surface area contributed by atoms with E-state index in [1.807, 2.05) is 54.6 Å². The molecule has 2 N–H and O–H groups in total. The number of nitrogens with zero attached hydrogens (tertiary/aromatic N) is 3. The summed E-state index contributed by atoms with van der Waals surface area (Å²) in [6, 6.07) is 22.9. The van der Waals surface area contributed by atoms with Crippen molar-refractivity contribution in [3.8, 4) is 11.3 Å². The number of ketones is 1. The van der Waals surface area contributed by atoms with Crippen molar-refractivity contribution >= 4 is 54.8 Å². The van der Waals surface area contributed by atoms with Crippen molar-refractivity contribution in [3.63, 3.8) is 0 Å². The molecular weight excluding hydrogens is 602 g/mol. The second kappa shape index (κ2) is 11.3. The molecule has 0 radical (unpaired) electrons. The number of fused-ring (bicyclic) bond motifs is 1. The number of nitrogens with one attached hydrogen (secondary N) is 2. The van der Waals surface area contributed by atoms with E-state index in [-0.39, 0.29) is 17.2 Å². The van der Waals surface area contributed by atoms with E-state index in [0.717, 1.165) is 32.7 Å². The van der Waals surface area contributed by atoms with Gasteiger partial charge in [-0.2, -0.15) is 9.61 Å². The van der Waals surface area contributed by atoms with Crippen LogP contribution in [0.2, 0.25) is 5.02 Å². The van der Waals surface area contributed by atoms with E-state index in [0.29, 0.717) is 22.8 Å². The van der Waals surface area contributed by atoms with Crippen molar-refractivity contribution in [2.24, 2.45) is 0 Å². The highest BCUT2D eigenvalue weighted by molar-refractivity contribution is 9.10. The van der Waals surface area contributed by atoms with Crippen LogP contribution < -0.4 is 10.0 Å². The van der Waals surface area contributed by atoms with Gasteiger partial charge in [0.05, 0.1) is 21.3 Å². The maximum absolute atomic E-state index is 12.6. The van der Waals surface area contributed by atoms with Crippen molar-refractivity contribution in [1.29, 1.82) is 0 Å². The number of halogens is 2. The topological polar surface area (TPSA) is 105 Å². The van der Waals surface area contributed by atoms with Gasteiger partial charge >= 0.3 is 0 Å². The average molecular weight is 625 g/mol. The SMILES string of the molecule is CC(=O)c1ccc(S(=O)(=O)NCc2ccc(CNc3cc(-c4ccccc4Cl)nc4c(Br)cnn34)cc2)cc1. The van der Waals surface area contributed by atoms with Gasteiger partial charge in [0.25, 0.3) is 0 Å². The Labute approximate surface area is 239 Å². The Kier molecular flexibility index (Phi) is 7.81. The summed E-state index contributed by atoms with van der Waals surface area (Å²) in [7, 11) is -3.71. The number of aromatic nitrogens is 3. The molecule has 0 saturated heterocycles. The third-order valence-corrected chi connectivity index (χ3v) is 8.42. The first-order valence-corrected chi connectivity index (χ1v) is 14.6. The second-order valence-corrected chi connectivity index (χ2v) is 11.8. The van der Waals surface area contributed by atoms with Crippen LogP contribution in [0.3, 0.4) is 0 Å². The molecule has 198 valence electrons. The van der Waals surface area contributed by atoms with Gasteiger partial charge in [-0.15, -0.1) is 0 Å². The van der Waals surface area contributed by atoms with Gasteiger partial charge in [0.15, 0.2) is 11.4 Å². The summed E-state index contributed by atoms with van der Waals surface area (Å²) in [5.74, 6) is 0.626. The lowest BCUT2D eigenvalue weighted by Crippen LogP contribution is -2.23. The summed E-state index contributed by atoms with van der Waals surface area (Å²) >= 11 is 9.93. The van der Waals surface area contributed by atoms with Crippen LogP contribution in [0.15, 0.2) is 94.4 Å². The molecule has 5 rings (SSSR count). The molecule has 8 nitrogen and oxygen atoms in total. The van der Waals surface area contributed by atoms with Gasteiger partial charge in [0.1, 0.15) is 5.82 Å². The zero-order valence-corrected chi connectivity index (χ0v) is 23.9. The number of carbonyl (C=O) groups is 1. The third-order valence-electron chi connectivity index (χ3n) is 6.11. The maximum Gasteiger partial charge on any atom is 0.240 e. The minimum Gasteiger partial charge on any atom is -0.366 e. The number of hydrogen-bond acceptors (Lipinski definition) is 6. The molecule has 0 bridgehead atoms. The summed E-state index contributed by atoms with van der Waals surface area (Å²) in [5.41, 5.74) is 4.47. The standard InChI is InChI=1S/C28H23BrClN5O3S/c1-18(36)21-10-12-22(13-11-21)39(37,38)33-16-20-8-6-19(7-9-20)15-31-27-14-26(23-4-2-3-5-25(23)30)34-28-24(29)17-32-35(27)28/h2-14,17,31,33H,15-16H2,1H3. The highest BCUT2D eigenvalue weighted by Crippen LogP contribution is 2.30. The molecule has 0 fully saturated rings. The fourth-order valence-electron chi connectivity index (χ4n) is 3.97. The van der Waals surface area contributed by atoms with E-state index in [4.69, 9.17) is 16.6 Å². The number of anilines is 1. The van der Waals surface area contributed by atoms with Crippen molar-refractivity contribution in [1.82, 2.24) is 19.3 Å². The molecular formula is C28H23BrClN5O3S. The molecule has 0 aliphatic rings. The maximum atomic E-state index is 12.6. The lowest BCUT2D eigenvalue weighted by molar-refractivity contribution is 0.101. The fourth-order valence-corrected chi connectivity index (χ4v) is 5.57. The summed E-state index contributed by atoms with van der Waals surface area (Å²) in [5, 5.41) is 8.44. The van der Waals surface area contributed by atoms with Gasteiger partial charge in [-0.3, -0.25) is 4.79 Å². The molecule has 2 heterocycles. The first-order valence-electron chi connectivity index (χ1n) is 11.9. The van der Waals surface area contributed by atoms with Crippen LogP contribution in [0.25, 0.3) is 16.9 Å². The minimum atomic E-state index is -3.71. The normalized spacial score (nSPS) is 11.6. The molecule has 0 aliphatic carbocycles. The number of benzene rings is 3. The predicted octanol–water partition coefficient (Wildman–Crippen LogP) is 6.11. The largest absolute Gasteiger partial charge is 0.366 e. The average Bonchev–Trinajstić information content (AvgIpc) is 3.32. The van der Waals surface area contributed by atoms with Crippen LogP contribution >= 0.6 is 27.5 Å². The second-order valence-electron chi connectivity index (χ2n) is 8.81. The van der Waals surface area contributed by atoms with Gasteiger partial charge in [0, 0.05) is 35.3 Å². The van der Waals surface area contributed by atoms with Crippen LogP contribution in [0.5, 0.6) is 0 Å². The van der Waals surface area contributed by atoms with Crippen LogP contribution in [-0.4, -0.2) is 28.8 Å². The molecule has 11 heteroatoms. The number of carbonyl (C=O) groups excluding carboxylic acids is 1. The van der Waals surface area contributed by atoms with Crippen LogP contribution in [0.4, 0.5) is 5.82 Å². The first kappa shape index (κ1) is 27.0. The highest BCUT2D eigenvalue weighted by atomic mass is 79.9. The Hall–Kier alpha value is -3.57. The zero-order chi connectivity index (χ0) is 27.6. The van der Waals surface area contributed by atoms with Gasteiger partial charge in [-0.05, 0) is 52.2 Å². The number of sulfonamides is 1. The van der Waals surface area contributed by atoms with E-state index >= 15 is 0 Å². The summed E-state index contributed by atoms with van der Waals surface area (Å²) < 4.78 is 30.4. The molecule has 0 atom stereocenters. The van der Waals surface area contributed by atoms with E-state index in [1.165, 1.54) is 31.2 Å². The van der Waals surface area contributed by atoms with E-state index < -0.39 is 10.0 Å². The third kappa shape index (κ3) is 6.04. The zero-order valence-electron chi connectivity index (χ0n) is 20.7. The van der Waals surface area contributed by atoms with Crippen LogP contribution in [-0.2, 0) is 23.1 Å². The Bertz CT molecular complexity index is 1770. The van der Waals surface area contributed by atoms with E-state index in [2.05, 4.69) is 31.1 Å². The smallest absolute Gasteiger partial charge is 0.240 e. The van der Waals surface area contributed by atoms with Crippen LogP contribution in [0.1, 0.15) is 28.4 Å². The van der Waals surface area contributed by atoms with Gasteiger partial charge < -0.3 is 5.32 Å². The lowest BCUT2D eigenvalue weighted by Gasteiger charge is -2.12. The van der Waals surface area contributed by atoms with Crippen LogP contribution in [0, 0.1) is 0 Å². The summed E-state index contributed by atoms with van der Waals surface area (Å²) in [6.07, 6.45) is 1.69. The monoisotopic (exact) mass is 623 g/mol. The van der Waals surface area contributed by atoms with Crippen molar-refractivity contribution in [2.45, 2.75) is 24.9 Å². The summed E-state index contributed by atoms with van der Waals surface area (Å²) in [6.45, 7) is 2.08.